The van der Waals surface area contributed by atoms with Gasteiger partial charge in [0.05, 0.1) is 15.6 Å². The molecule has 0 fully saturated rings. The average molecular weight is 311 g/mol. The molecule has 1 aromatic heterocycles. The van der Waals surface area contributed by atoms with E-state index in [4.69, 9.17) is 5.73 Å². The Kier molecular flexibility index (Phi) is 7.23. The second kappa shape index (κ2) is 8.42. The lowest BCUT2D eigenvalue weighted by Gasteiger charge is -2.24. The first kappa shape index (κ1) is 18.0. The maximum Gasteiger partial charge on any atom is 0.174 e. The number of carbonyl (C=O) groups is 1. The lowest BCUT2D eigenvalue weighted by atomic mass is 10.1. The van der Waals surface area contributed by atoms with Gasteiger partial charge in [0.15, 0.2) is 5.78 Å². The second-order valence-corrected chi connectivity index (χ2v) is 7.53. The number of carbonyl (C=O) groups excluding carboxylic acids is 1. The summed E-state index contributed by atoms with van der Waals surface area (Å²) in [6.07, 6.45) is 2.84. The fraction of sp³-hybridized carbons (Fsp3) is 0.706. The van der Waals surface area contributed by atoms with Crippen LogP contribution < -0.4 is 10.6 Å². The Hall–Kier alpha value is -1.03. The number of nitrogens with two attached hydrogens (primary N) is 1. The summed E-state index contributed by atoms with van der Waals surface area (Å²) in [5, 5.41) is 1.14. The highest BCUT2D eigenvalue weighted by atomic mass is 32.1. The van der Waals surface area contributed by atoms with Gasteiger partial charge in [-0.3, -0.25) is 4.79 Å². The second-order valence-electron chi connectivity index (χ2n) is 6.50. The van der Waals surface area contributed by atoms with Gasteiger partial charge in [-0.25, -0.2) is 0 Å². The number of nitrogens with zero attached hydrogens (tertiary/aromatic N) is 1. The Balaban J connectivity index is 2.88. The number of ketones is 1. The molecule has 0 aliphatic heterocycles. The summed E-state index contributed by atoms with van der Waals surface area (Å²) in [6, 6.07) is 1.98. The molecule has 0 saturated heterocycles. The van der Waals surface area contributed by atoms with Gasteiger partial charge in [-0.05, 0) is 30.7 Å². The van der Waals surface area contributed by atoms with Gasteiger partial charge in [0.25, 0.3) is 0 Å². The fourth-order valence-corrected chi connectivity index (χ4v) is 3.23. The van der Waals surface area contributed by atoms with Crippen LogP contribution in [0.3, 0.4) is 0 Å². The minimum Gasteiger partial charge on any atom is -0.397 e. The third-order valence-electron chi connectivity index (χ3n) is 3.59. The third-order valence-corrected chi connectivity index (χ3v) is 4.84. The van der Waals surface area contributed by atoms with E-state index in [-0.39, 0.29) is 5.78 Å². The van der Waals surface area contributed by atoms with Gasteiger partial charge in [-0.2, -0.15) is 0 Å². The highest BCUT2D eigenvalue weighted by Gasteiger charge is 2.17. The molecule has 2 N–H and O–H groups in total. The average Bonchev–Trinajstić information content (AvgIpc) is 2.79. The van der Waals surface area contributed by atoms with Crippen molar-refractivity contribution in [1.29, 1.82) is 0 Å². The smallest absolute Gasteiger partial charge is 0.174 e. The molecule has 0 aliphatic carbocycles. The van der Waals surface area contributed by atoms with Gasteiger partial charge in [0, 0.05) is 19.5 Å². The zero-order valence-electron chi connectivity index (χ0n) is 14.1. The van der Waals surface area contributed by atoms with E-state index in [1.807, 2.05) is 13.0 Å². The standard InChI is InChI=1S/C17H30N2OS/c1-6-15(20)17-14(18)11-16(21-17)19(9-7-12(2)3)10-8-13(4)5/h11-13H,6-10,18H2,1-5H3. The van der Waals surface area contributed by atoms with E-state index >= 15 is 0 Å². The van der Waals surface area contributed by atoms with Crippen LogP contribution in [-0.2, 0) is 0 Å². The molecule has 21 heavy (non-hydrogen) atoms. The first-order chi connectivity index (χ1) is 9.85. The van der Waals surface area contributed by atoms with Gasteiger partial charge < -0.3 is 10.6 Å². The summed E-state index contributed by atoms with van der Waals surface area (Å²) in [5.74, 6) is 1.51. The fourth-order valence-electron chi connectivity index (χ4n) is 2.09. The van der Waals surface area contributed by atoms with Gasteiger partial charge in [-0.1, -0.05) is 34.6 Å². The lowest BCUT2D eigenvalue weighted by molar-refractivity contribution is 0.0993. The summed E-state index contributed by atoms with van der Waals surface area (Å²) in [7, 11) is 0. The maximum absolute atomic E-state index is 11.9. The van der Waals surface area contributed by atoms with E-state index < -0.39 is 0 Å². The van der Waals surface area contributed by atoms with E-state index in [0.29, 0.717) is 23.9 Å². The normalized spacial score (nSPS) is 11.4. The monoisotopic (exact) mass is 310 g/mol. The van der Waals surface area contributed by atoms with Crippen molar-refractivity contribution in [3.63, 3.8) is 0 Å². The minimum atomic E-state index is 0.149. The predicted octanol–water partition coefficient (Wildman–Crippen LogP) is 4.82. The van der Waals surface area contributed by atoms with E-state index in [2.05, 4.69) is 32.6 Å². The molecule has 1 aromatic rings. The van der Waals surface area contributed by atoms with Crippen LogP contribution in [0.2, 0.25) is 0 Å². The van der Waals surface area contributed by atoms with Crippen molar-refractivity contribution in [3.8, 4) is 0 Å². The van der Waals surface area contributed by atoms with Crippen molar-refractivity contribution in [2.24, 2.45) is 11.8 Å². The molecule has 0 aromatic carbocycles. The number of nitrogen functional groups attached to an aromatic ring is 1. The lowest BCUT2D eigenvalue weighted by Crippen LogP contribution is -2.26. The van der Waals surface area contributed by atoms with E-state index in [1.165, 1.54) is 0 Å². The largest absolute Gasteiger partial charge is 0.397 e. The third kappa shape index (κ3) is 5.70. The Morgan fingerprint density at radius 3 is 2.14 bits per heavy atom. The quantitative estimate of drug-likeness (QED) is 0.665. The molecular formula is C17H30N2OS. The Morgan fingerprint density at radius 2 is 1.71 bits per heavy atom. The first-order valence-corrected chi connectivity index (χ1v) is 8.84. The number of rotatable bonds is 9. The van der Waals surface area contributed by atoms with Crippen molar-refractivity contribution in [2.75, 3.05) is 23.7 Å². The van der Waals surface area contributed by atoms with Crippen LogP contribution in [0.25, 0.3) is 0 Å². The Labute approximate surface area is 133 Å². The molecular weight excluding hydrogens is 280 g/mol. The van der Waals surface area contributed by atoms with Crippen LogP contribution in [0.15, 0.2) is 6.07 Å². The molecule has 120 valence electrons. The topological polar surface area (TPSA) is 46.3 Å². The summed E-state index contributed by atoms with van der Waals surface area (Å²) in [4.78, 5) is 15.0. The number of hydrogen-bond acceptors (Lipinski definition) is 4. The number of Topliss-reactive ketones (excluding diaryl/α,β-unsaturated/α-hetero) is 1. The van der Waals surface area contributed by atoms with Crippen molar-refractivity contribution in [2.45, 2.75) is 53.9 Å². The van der Waals surface area contributed by atoms with Crippen molar-refractivity contribution < 1.29 is 4.79 Å². The predicted molar refractivity (Wildman–Crippen MR) is 94.5 cm³/mol. The van der Waals surface area contributed by atoms with Crippen LogP contribution in [0.1, 0.15) is 63.6 Å². The van der Waals surface area contributed by atoms with Crippen molar-refractivity contribution in [1.82, 2.24) is 0 Å². The molecule has 0 amide bonds. The van der Waals surface area contributed by atoms with Gasteiger partial charge in [-0.15, -0.1) is 11.3 Å². The summed E-state index contributed by atoms with van der Waals surface area (Å²) in [5.41, 5.74) is 6.67. The minimum absolute atomic E-state index is 0.149. The molecule has 4 heteroatoms. The van der Waals surface area contributed by atoms with Crippen molar-refractivity contribution >= 4 is 27.8 Å². The van der Waals surface area contributed by atoms with Crippen LogP contribution in [0.4, 0.5) is 10.7 Å². The SMILES string of the molecule is CCC(=O)c1sc(N(CCC(C)C)CCC(C)C)cc1N. The summed E-state index contributed by atoms with van der Waals surface area (Å²) in [6.45, 7) is 12.9. The number of hydrogen-bond donors (Lipinski definition) is 1. The maximum atomic E-state index is 11.9. The molecule has 0 aliphatic rings. The molecule has 1 rings (SSSR count). The van der Waals surface area contributed by atoms with E-state index in [9.17, 15) is 4.79 Å². The highest BCUT2D eigenvalue weighted by Crippen LogP contribution is 2.33. The summed E-state index contributed by atoms with van der Waals surface area (Å²) >= 11 is 1.56. The Bertz CT molecular complexity index is 440. The molecule has 3 nitrogen and oxygen atoms in total. The van der Waals surface area contributed by atoms with Gasteiger partial charge in [0.2, 0.25) is 0 Å². The molecule has 0 bridgehead atoms. The molecule has 0 spiro atoms. The molecule has 0 unspecified atom stereocenters. The molecule has 0 atom stereocenters. The van der Waals surface area contributed by atoms with Crippen LogP contribution in [-0.4, -0.2) is 18.9 Å². The van der Waals surface area contributed by atoms with Crippen LogP contribution in [0, 0.1) is 11.8 Å². The highest BCUT2D eigenvalue weighted by molar-refractivity contribution is 7.18. The molecule has 0 radical (unpaired) electrons. The van der Waals surface area contributed by atoms with E-state index in [1.54, 1.807) is 11.3 Å². The van der Waals surface area contributed by atoms with Crippen LogP contribution in [0.5, 0.6) is 0 Å². The molecule has 0 saturated carbocycles. The molecule has 1 heterocycles. The van der Waals surface area contributed by atoms with Gasteiger partial charge >= 0.3 is 0 Å². The first-order valence-electron chi connectivity index (χ1n) is 8.02. The Morgan fingerprint density at radius 1 is 1.19 bits per heavy atom. The van der Waals surface area contributed by atoms with Crippen LogP contribution >= 0.6 is 11.3 Å². The number of thiophene rings is 1. The van der Waals surface area contributed by atoms with Gasteiger partial charge in [0.1, 0.15) is 0 Å². The zero-order valence-corrected chi connectivity index (χ0v) is 14.9. The van der Waals surface area contributed by atoms with E-state index in [0.717, 1.165) is 35.8 Å². The number of anilines is 2. The summed E-state index contributed by atoms with van der Waals surface area (Å²) < 4.78 is 0. The van der Waals surface area contributed by atoms with Crippen molar-refractivity contribution in [3.05, 3.63) is 10.9 Å². The zero-order chi connectivity index (χ0) is 16.0.